The summed E-state index contributed by atoms with van der Waals surface area (Å²) in [6.45, 7) is 2.82. The van der Waals surface area contributed by atoms with Crippen LogP contribution in [-0.2, 0) is 14.8 Å². The lowest BCUT2D eigenvalue weighted by Crippen LogP contribution is -2.33. The predicted octanol–water partition coefficient (Wildman–Crippen LogP) is 0.201. The fourth-order valence-electron chi connectivity index (χ4n) is 2.30. The second-order valence-electron chi connectivity index (χ2n) is 4.64. The SMILES string of the molecule is CCC1OCCC1CNS(=O)(=O)c1[nH]ncc1C(=O)O. The van der Waals surface area contributed by atoms with Crippen LogP contribution in [0.4, 0.5) is 0 Å². The Bertz CT molecular complexity index is 583. The number of nitrogens with zero attached hydrogens (tertiary/aromatic N) is 1. The van der Waals surface area contributed by atoms with E-state index in [-0.39, 0.29) is 24.1 Å². The topological polar surface area (TPSA) is 121 Å². The Morgan fingerprint density at radius 1 is 1.65 bits per heavy atom. The maximum Gasteiger partial charge on any atom is 0.340 e. The summed E-state index contributed by atoms with van der Waals surface area (Å²) in [6.07, 6.45) is 2.62. The maximum atomic E-state index is 12.1. The first kappa shape index (κ1) is 14.9. The van der Waals surface area contributed by atoms with E-state index in [9.17, 15) is 13.2 Å². The van der Waals surface area contributed by atoms with Gasteiger partial charge in [0.1, 0.15) is 5.56 Å². The van der Waals surface area contributed by atoms with Crippen LogP contribution in [0.1, 0.15) is 30.1 Å². The lowest BCUT2D eigenvalue weighted by Gasteiger charge is -2.17. The summed E-state index contributed by atoms with van der Waals surface area (Å²) >= 11 is 0. The van der Waals surface area contributed by atoms with Crippen molar-refractivity contribution in [3.63, 3.8) is 0 Å². The van der Waals surface area contributed by atoms with E-state index < -0.39 is 21.0 Å². The number of sulfonamides is 1. The number of aromatic carboxylic acids is 1. The molecule has 0 aliphatic carbocycles. The predicted molar refractivity (Wildman–Crippen MR) is 68.9 cm³/mol. The van der Waals surface area contributed by atoms with Crippen molar-refractivity contribution < 1.29 is 23.1 Å². The Morgan fingerprint density at radius 3 is 3.05 bits per heavy atom. The second kappa shape index (κ2) is 5.90. The lowest BCUT2D eigenvalue weighted by atomic mass is 10.0. The molecule has 0 bridgehead atoms. The molecular weight excluding hydrogens is 286 g/mol. The minimum Gasteiger partial charge on any atom is -0.478 e. The second-order valence-corrected chi connectivity index (χ2v) is 6.34. The third-order valence-corrected chi connectivity index (χ3v) is 4.78. The van der Waals surface area contributed by atoms with Crippen LogP contribution in [0, 0.1) is 5.92 Å². The largest absolute Gasteiger partial charge is 0.478 e. The number of carboxylic acid groups (broad SMARTS) is 1. The molecule has 1 aromatic heterocycles. The van der Waals surface area contributed by atoms with Crippen LogP contribution in [0.2, 0.25) is 0 Å². The lowest BCUT2D eigenvalue weighted by molar-refractivity contribution is 0.0692. The standard InChI is InChI=1S/C11H17N3O5S/c1-2-9-7(3-4-19-9)5-13-20(17,18)10-8(11(15)16)6-12-14-10/h6-7,9,13H,2-5H2,1H3,(H,12,14)(H,15,16). The van der Waals surface area contributed by atoms with Gasteiger partial charge in [0.25, 0.3) is 10.0 Å². The first-order chi connectivity index (χ1) is 9.45. The Morgan fingerprint density at radius 2 is 2.40 bits per heavy atom. The molecule has 1 aromatic rings. The molecule has 1 aliphatic heterocycles. The number of nitrogens with one attached hydrogen (secondary N) is 2. The maximum absolute atomic E-state index is 12.1. The molecule has 8 nitrogen and oxygen atoms in total. The number of hydrogen-bond donors (Lipinski definition) is 3. The fourth-order valence-corrected chi connectivity index (χ4v) is 3.48. The van der Waals surface area contributed by atoms with Gasteiger partial charge < -0.3 is 9.84 Å². The van der Waals surface area contributed by atoms with Crippen molar-refractivity contribution in [3.8, 4) is 0 Å². The number of hydrogen-bond acceptors (Lipinski definition) is 5. The number of carboxylic acids is 1. The molecule has 1 saturated heterocycles. The van der Waals surface area contributed by atoms with Gasteiger partial charge in [0.15, 0.2) is 5.03 Å². The van der Waals surface area contributed by atoms with Gasteiger partial charge in [-0.1, -0.05) is 6.92 Å². The van der Waals surface area contributed by atoms with Crippen LogP contribution in [0.25, 0.3) is 0 Å². The van der Waals surface area contributed by atoms with E-state index in [0.717, 1.165) is 19.0 Å². The average Bonchev–Trinajstić information content (AvgIpc) is 3.05. The highest BCUT2D eigenvalue weighted by atomic mass is 32.2. The smallest absolute Gasteiger partial charge is 0.340 e. The zero-order valence-corrected chi connectivity index (χ0v) is 11.8. The van der Waals surface area contributed by atoms with E-state index in [1.165, 1.54) is 0 Å². The van der Waals surface area contributed by atoms with Crippen LogP contribution in [-0.4, -0.2) is 48.9 Å². The summed E-state index contributed by atoms with van der Waals surface area (Å²) < 4.78 is 32.1. The van der Waals surface area contributed by atoms with E-state index in [2.05, 4.69) is 14.9 Å². The van der Waals surface area contributed by atoms with Gasteiger partial charge in [-0.25, -0.2) is 17.9 Å². The summed E-state index contributed by atoms with van der Waals surface area (Å²) in [7, 11) is -3.92. The summed E-state index contributed by atoms with van der Waals surface area (Å²) in [5.41, 5.74) is -0.368. The van der Waals surface area contributed by atoms with E-state index in [0.29, 0.717) is 6.61 Å². The molecule has 3 N–H and O–H groups in total. The van der Waals surface area contributed by atoms with Gasteiger partial charge in [0.05, 0.1) is 12.3 Å². The monoisotopic (exact) mass is 303 g/mol. The van der Waals surface area contributed by atoms with E-state index >= 15 is 0 Å². The quantitative estimate of drug-likeness (QED) is 0.690. The average molecular weight is 303 g/mol. The van der Waals surface area contributed by atoms with Crippen molar-refractivity contribution in [2.75, 3.05) is 13.2 Å². The normalized spacial score (nSPS) is 23.1. The molecule has 0 aromatic carbocycles. The molecule has 2 atom stereocenters. The first-order valence-corrected chi connectivity index (χ1v) is 7.82. The number of rotatable bonds is 6. The Labute approximate surface area is 116 Å². The molecule has 0 spiro atoms. The molecule has 1 fully saturated rings. The van der Waals surface area contributed by atoms with Crippen LogP contribution in [0.5, 0.6) is 0 Å². The molecule has 2 rings (SSSR count). The zero-order chi connectivity index (χ0) is 14.8. The third kappa shape index (κ3) is 3.00. The number of aromatic amines is 1. The van der Waals surface area contributed by atoms with Crippen molar-refractivity contribution in [1.29, 1.82) is 0 Å². The van der Waals surface area contributed by atoms with Gasteiger partial charge in [-0.05, 0) is 12.8 Å². The summed E-state index contributed by atoms with van der Waals surface area (Å²) in [5.74, 6) is -1.24. The Hall–Kier alpha value is -1.45. The first-order valence-electron chi connectivity index (χ1n) is 6.33. The summed E-state index contributed by atoms with van der Waals surface area (Å²) in [5, 5.41) is 14.2. The molecule has 0 saturated carbocycles. The molecule has 112 valence electrons. The highest BCUT2D eigenvalue weighted by Gasteiger charge is 2.30. The van der Waals surface area contributed by atoms with Gasteiger partial charge in [0, 0.05) is 19.1 Å². The van der Waals surface area contributed by atoms with E-state index in [1.807, 2.05) is 6.92 Å². The van der Waals surface area contributed by atoms with Crippen molar-refractivity contribution in [2.24, 2.45) is 5.92 Å². The summed E-state index contributed by atoms with van der Waals surface area (Å²) in [6, 6.07) is 0. The molecule has 20 heavy (non-hydrogen) atoms. The van der Waals surface area contributed by atoms with Gasteiger partial charge in [-0.2, -0.15) is 5.10 Å². The third-order valence-electron chi connectivity index (χ3n) is 3.39. The van der Waals surface area contributed by atoms with E-state index in [4.69, 9.17) is 9.84 Å². The fraction of sp³-hybridized carbons (Fsp3) is 0.636. The van der Waals surface area contributed by atoms with E-state index in [1.54, 1.807) is 0 Å². The molecular formula is C11H17N3O5S. The van der Waals surface area contributed by atoms with Crippen LogP contribution < -0.4 is 4.72 Å². The number of aromatic nitrogens is 2. The van der Waals surface area contributed by atoms with Crippen molar-refractivity contribution >= 4 is 16.0 Å². The Balaban J connectivity index is 2.08. The van der Waals surface area contributed by atoms with Gasteiger partial charge in [-0.3, -0.25) is 5.10 Å². The minimum atomic E-state index is -3.92. The Kier molecular flexibility index (Phi) is 4.41. The molecule has 9 heteroatoms. The van der Waals surface area contributed by atoms with Gasteiger partial charge in [-0.15, -0.1) is 0 Å². The van der Waals surface area contributed by atoms with Crippen LogP contribution >= 0.6 is 0 Å². The molecule has 2 unspecified atom stereocenters. The number of carbonyl (C=O) groups is 1. The van der Waals surface area contributed by atoms with Gasteiger partial charge in [0.2, 0.25) is 0 Å². The highest BCUT2D eigenvalue weighted by molar-refractivity contribution is 7.89. The molecule has 0 radical (unpaired) electrons. The zero-order valence-electron chi connectivity index (χ0n) is 11.0. The van der Waals surface area contributed by atoms with Gasteiger partial charge >= 0.3 is 5.97 Å². The van der Waals surface area contributed by atoms with Crippen molar-refractivity contribution in [1.82, 2.24) is 14.9 Å². The highest BCUT2D eigenvalue weighted by Crippen LogP contribution is 2.23. The molecule has 1 aliphatic rings. The van der Waals surface area contributed by atoms with Crippen molar-refractivity contribution in [2.45, 2.75) is 30.9 Å². The van der Waals surface area contributed by atoms with Crippen LogP contribution in [0.3, 0.4) is 0 Å². The van der Waals surface area contributed by atoms with Crippen molar-refractivity contribution in [3.05, 3.63) is 11.8 Å². The number of ether oxygens (including phenoxy) is 1. The number of H-pyrrole nitrogens is 1. The van der Waals surface area contributed by atoms with Crippen LogP contribution in [0.15, 0.2) is 11.2 Å². The summed E-state index contributed by atoms with van der Waals surface area (Å²) in [4.78, 5) is 10.9. The molecule has 2 heterocycles. The minimum absolute atomic E-state index is 0.0402. The molecule has 0 amide bonds.